The van der Waals surface area contributed by atoms with E-state index < -0.39 is 11.8 Å². The second kappa shape index (κ2) is 7.35. The third-order valence-corrected chi connectivity index (χ3v) is 4.56. The fraction of sp³-hybridized carbons (Fsp3) is 0.182. The molecule has 0 atom stereocenters. The van der Waals surface area contributed by atoms with Gasteiger partial charge in [0.1, 0.15) is 11.2 Å². The Balaban J connectivity index is 1.69. The van der Waals surface area contributed by atoms with Crippen LogP contribution in [0, 0.1) is 0 Å². The van der Waals surface area contributed by atoms with Gasteiger partial charge in [0, 0.05) is 17.8 Å². The van der Waals surface area contributed by atoms with E-state index in [2.05, 4.69) is 4.99 Å². The Labute approximate surface area is 166 Å². The predicted octanol–water partition coefficient (Wildman–Crippen LogP) is 2.87. The summed E-state index contributed by atoms with van der Waals surface area (Å²) in [5.74, 6) is -0.655. The van der Waals surface area contributed by atoms with Crippen molar-refractivity contribution in [2.24, 2.45) is 4.99 Å². The molecule has 0 spiro atoms. The number of rotatable bonds is 4. The summed E-state index contributed by atoms with van der Waals surface area (Å²) in [5.41, 5.74) is 1.32. The number of imide groups is 1. The van der Waals surface area contributed by atoms with Crippen molar-refractivity contribution in [2.45, 2.75) is 26.4 Å². The van der Waals surface area contributed by atoms with Crippen molar-refractivity contribution in [1.29, 1.82) is 0 Å². The van der Waals surface area contributed by atoms with Gasteiger partial charge in [0.15, 0.2) is 0 Å². The lowest BCUT2D eigenvalue weighted by atomic mass is 10.1. The molecule has 146 valence electrons. The van der Waals surface area contributed by atoms with E-state index in [1.165, 1.54) is 23.0 Å². The molecular weight excluding hydrogens is 370 g/mol. The van der Waals surface area contributed by atoms with Gasteiger partial charge in [-0.1, -0.05) is 6.07 Å². The minimum Gasteiger partial charge on any atom is -0.467 e. The van der Waals surface area contributed by atoms with Crippen LogP contribution in [0.25, 0.3) is 0 Å². The summed E-state index contributed by atoms with van der Waals surface area (Å²) in [6.07, 6.45) is 3.12. The summed E-state index contributed by atoms with van der Waals surface area (Å²) in [5, 5.41) is 0. The second-order valence-corrected chi connectivity index (χ2v) is 6.99. The molecule has 2 amide bonds. The van der Waals surface area contributed by atoms with Crippen LogP contribution in [-0.4, -0.2) is 33.2 Å². The summed E-state index contributed by atoms with van der Waals surface area (Å²) in [6, 6.07) is 13.3. The summed E-state index contributed by atoms with van der Waals surface area (Å²) in [4.78, 5) is 44.0. The van der Waals surface area contributed by atoms with E-state index in [1.807, 2.05) is 19.9 Å². The van der Waals surface area contributed by atoms with Crippen LogP contribution in [0.2, 0.25) is 0 Å². The number of carbonyl (C=O) groups is 3. The zero-order valence-electron chi connectivity index (χ0n) is 16.0. The molecule has 0 unspecified atom stereocenters. The van der Waals surface area contributed by atoms with E-state index in [1.54, 1.807) is 36.5 Å². The lowest BCUT2D eigenvalue weighted by molar-refractivity contribution is 0.0631. The molecule has 1 aromatic carbocycles. The van der Waals surface area contributed by atoms with Crippen LogP contribution in [0.4, 0.5) is 0 Å². The number of hydrogen-bond donors (Lipinski definition) is 0. The number of furan rings is 1. The number of fused-ring (bicyclic) bond motifs is 1. The van der Waals surface area contributed by atoms with Gasteiger partial charge in [-0.25, -0.2) is 0 Å². The highest BCUT2D eigenvalue weighted by Crippen LogP contribution is 2.26. The van der Waals surface area contributed by atoms with Gasteiger partial charge in [-0.15, -0.1) is 0 Å². The van der Waals surface area contributed by atoms with Crippen molar-refractivity contribution in [3.8, 4) is 0 Å². The van der Waals surface area contributed by atoms with Crippen molar-refractivity contribution in [3.63, 3.8) is 0 Å². The van der Waals surface area contributed by atoms with Crippen LogP contribution >= 0.6 is 0 Å². The van der Waals surface area contributed by atoms with E-state index in [4.69, 9.17) is 4.42 Å². The molecule has 0 N–H and O–H groups in total. The molecule has 1 aliphatic rings. The Bertz CT molecular complexity index is 1170. The van der Waals surface area contributed by atoms with Gasteiger partial charge >= 0.3 is 0 Å². The van der Waals surface area contributed by atoms with Gasteiger partial charge < -0.3 is 4.42 Å². The fourth-order valence-electron chi connectivity index (χ4n) is 3.24. The topological polar surface area (TPSA) is 84.9 Å². The van der Waals surface area contributed by atoms with Gasteiger partial charge in [-0.05, 0) is 56.3 Å². The molecule has 0 bridgehead atoms. The standard InChI is InChI=1S/C22H19N3O4/c1-14(2)23-19-7-3-4-10-24(19)20(26)15-8-9-17-18(12-15)22(28)25(21(17)27)13-16-6-5-11-29-16/h3-12,14H,13H2,1-2H3. The van der Waals surface area contributed by atoms with E-state index >= 15 is 0 Å². The third-order valence-electron chi connectivity index (χ3n) is 4.56. The first-order valence-corrected chi connectivity index (χ1v) is 9.24. The fourth-order valence-corrected chi connectivity index (χ4v) is 3.24. The Morgan fingerprint density at radius 3 is 2.55 bits per heavy atom. The molecule has 2 aromatic heterocycles. The second-order valence-electron chi connectivity index (χ2n) is 6.99. The number of benzene rings is 1. The number of carbonyl (C=O) groups excluding carboxylic acids is 3. The monoisotopic (exact) mass is 389 g/mol. The predicted molar refractivity (Wildman–Crippen MR) is 104 cm³/mol. The number of aromatic nitrogens is 1. The van der Waals surface area contributed by atoms with Gasteiger partial charge in [0.25, 0.3) is 17.7 Å². The maximum absolute atomic E-state index is 13.1. The maximum atomic E-state index is 13.1. The van der Waals surface area contributed by atoms with Crippen LogP contribution in [0.1, 0.15) is 50.7 Å². The minimum absolute atomic E-state index is 0.0193. The Kier molecular flexibility index (Phi) is 4.72. The lowest BCUT2D eigenvalue weighted by Gasteiger charge is -2.11. The molecule has 7 nitrogen and oxygen atoms in total. The van der Waals surface area contributed by atoms with Crippen molar-refractivity contribution < 1.29 is 18.8 Å². The molecular formula is C22H19N3O4. The molecule has 0 aliphatic carbocycles. The van der Waals surface area contributed by atoms with Gasteiger partial charge in [-0.2, -0.15) is 0 Å². The number of amides is 2. The van der Waals surface area contributed by atoms with E-state index in [0.29, 0.717) is 16.8 Å². The summed E-state index contributed by atoms with van der Waals surface area (Å²) in [7, 11) is 0. The summed E-state index contributed by atoms with van der Waals surface area (Å²) in [6.45, 7) is 3.90. The average Bonchev–Trinajstić information content (AvgIpc) is 3.30. The van der Waals surface area contributed by atoms with Crippen LogP contribution in [0.5, 0.6) is 0 Å². The molecule has 3 heterocycles. The highest BCUT2D eigenvalue weighted by Gasteiger charge is 2.36. The largest absolute Gasteiger partial charge is 0.467 e. The zero-order chi connectivity index (χ0) is 20.5. The molecule has 1 aliphatic heterocycles. The Hall–Kier alpha value is -3.74. The Morgan fingerprint density at radius 1 is 1.03 bits per heavy atom. The molecule has 0 saturated heterocycles. The van der Waals surface area contributed by atoms with E-state index in [9.17, 15) is 14.4 Å². The maximum Gasteiger partial charge on any atom is 0.263 e. The number of hydrogen-bond acceptors (Lipinski definition) is 5. The number of pyridine rings is 1. The van der Waals surface area contributed by atoms with Crippen molar-refractivity contribution >= 4 is 17.7 Å². The summed E-state index contributed by atoms with van der Waals surface area (Å²) < 4.78 is 6.68. The third kappa shape index (κ3) is 3.42. The number of nitrogens with zero attached hydrogens (tertiary/aromatic N) is 3. The summed E-state index contributed by atoms with van der Waals surface area (Å²) >= 11 is 0. The van der Waals surface area contributed by atoms with Gasteiger partial charge in [0.2, 0.25) is 0 Å². The van der Waals surface area contributed by atoms with E-state index in [0.717, 1.165) is 4.90 Å². The van der Waals surface area contributed by atoms with Crippen LogP contribution < -0.4 is 5.49 Å². The molecule has 4 rings (SSSR count). The van der Waals surface area contributed by atoms with Crippen LogP contribution in [0.15, 0.2) is 70.4 Å². The molecule has 3 aromatic rings. The normalized spacial score (nSPS) is 14.0. The minimum atomic E-state index is -0.443. The zero-order valence-corrected chi connectivity index (χ0v) is 16.0. The van der Waals surface area contributed by atoms with Gasteiger partial charge in [0.05, 0.1) is 23.9 Å². The van der Waals surface area contributed by atoms with Gasteiger partial charge in [-0.3, -0.25) is 28.8 Å². The van der Waals surface area contributed by atoms with Crippen molar-refractivity contribution in [3.05, 3.63) is 88.9 Å². The smallest absolute Gasteiger partial charge is 0.263 e. The molecule has 0 saturated carbocycles. The van der Waals surface area contributed by atoms with Crippen LogP contribution in [0.3, 0.4) is 0 Å². The van der Waals surface area contributed by atoms with Crippen LogP contribution in [-0.2, 0) is 6.54 Å². The first-order chi connectivity index (χ1) is 14.0. The van der Waals surface area contributed by atoms with E-state index in [-0.39, 0.29) is 29.6 Å². The Morgan fingerprint density at radius 2 is 1.83 bits per heavy atom. The first-order valence-electron chi connectivity index (χ1n) is 9.24. The highest BCUT2D eigenvalue weighted by molar-refractivity contribution is 6.22. The first kappa shape index (κ1) is 18.6. The molecule has 0 fully saturated rings. The highest BCUT2D eigenvalue weighted by atomic mass is 16.3. The lowest BCUT2D eigenvalue weighted by Crippen LogP contribution is -2.29. The quantitative estimate of drug-likeness (QED) is 0.642. The van der Waals surface area contributed by atoms with Crippen molar-refractivity contribution in [1.82, 2.24) is 9.47 Å². The molecule has 29 heavy (non-hydrogen) atoms. The molecule has 0 radical (unpaired) electrons. The van der Waals surface area contributed by atoms with Crippen molar-refractivity contribution in [2.75, 3.05) is 0 Å². The molecule has 7 heteroatoms. The average molecular weight is 389 g/mol. The SMILES string of the molecule is CC(C)N=c1ccccn1C(=O)c1ccc2c(c1)C(=O)N(Cc1ccco1)C2=O.